The maximum absolute atomic E-state index is 10.2. The molecule has 0 saturated heterocycles. The number of rotatable bonds is 5. The lowest BCUT2D eigenvalue weighted by atomic mass is 9.73. The standard InChI is InChI=1S/C11H22O2/c1-4-11(5-2,13-3)10(12)9-7-6-8-9/h9-10,12H,4-8H2,1-3H3. The van der Waals surface area contributed by atoms with Crippen molar-refractivity contribution in [3.8, 4) is 0 Å². The minimum absolute atomic E-state index is 0.263. The van der Waals surface area contributed by atoms with Gasteiger partial charge in [-0.25, -0.2) is 0 Å². The van der Waals surface area contributed by atoms with Crippen LogP contribution in [0.4, 0.5) is 0 Å². The molecule has 1 saturated carbocycles. The predicted octanol–water partition coefficient (Wildman–Crippen LogP) is 2.35. The van der Waals surface area contributed by atoms with Crippen LogP contribution in [0.1, 0.15) is 46.0 Å². The highest BCUT2D eigenvalue weighted by molar-refractivity contribution is 4.92. The van der Waals surface area contributed by atoms with E-state index in [0.717, 1.165) is 12.8 Å². The maximum atomic E-state index is 10.2. The fraction of sp³-hybridized carbons (Fsp3) is 1.00. The van der Waals surface area contributed by atoms with Crippen molar-refractivity contribution >= 4 is 0 Å². The molecule has 1 aliphatic rings. The average molecular weight is 186 g/mol. The van der Waals surface area contributed by atoms with Gasteiger partial charge in [0, 0.05) is 7.11 Å². The van der Waals surface area contributed by atoms with Crippen molar-refractivity contribution in [1.29, 1.82) is 0 Å². The molecule has 1 atom stereocenters. The summed E-state index contributed by atoms with van der Waals surface area (Å²) in [7, 11) is 1.72. The van der Waals surface area contributed by atoms with Crippen LogP contribution in [0.2, 0.25) is 0 Å². The van der Waals surface area contributed by atoms with E-state index in [0.29, 0.717) is 5.92 Å². The number of aliphatic hydroxyl groups excluding tert-OH is 1. The minimum Gasteiger partial charge on any atom is -0.390 e. The Labute approximate surface area is 81.3 Å². The molecular formula is C11H22O2. The Bertz CT molecular complexity index is 140. The van der Waals surface area contributed by atoms with Crippen molar-refractivity contribution in [2.45, 2.75) is 57.7 Å². The number of hydrogen-bond donors (Lipinski definition) is 1. The fourth-order valence-electron chi connectivity index (χ4n) is 2.26. The smallest absolute Gasteiger partial charge is 0.0933 e. The van der Waals surface area contributed by atoms with Crippen LogP contribution in [-0.4, -0.2) is 23.9 Å². The van der Waals surface area contributed by atoms with Gasteiger partial charge < -0.3 is 9.84 Å². The largest absolute Gasteiger partial charge is 0.390 e. The summed E-state index contributed by atoms with van der Waals surface area (Å²) in [6, 6.07) is 0. The van der Waals surface area contributed by atoms with E-state index in [1.807, 2.05) is 0 Å². The molecule has 1 fully saturated rings. The molecule has 0 amide bonds. The van der Waals surface area contributed by atoms with E-state index in [2.05, 4.69) is 13.8 Å². The summed E-state index contributed by atoms with van der Waals surface area (Å²) in [6.07, 6.45) is 5.16. The van der Waals surface area contributed by atoms with E-state index >= 15 is 0 Å². The van der Waals surface area contributed by atoms with Gasteiger partial charge in [-0.1, -0.05) is 20.3 Å². The minimum atomic E-state index is -0.287. The molecule has 0 aliphatic heterocycles. The molecule has 0 aromatic rings. The van der Waals surface area contributed by atoms with E-state index in [4.69, 9.17) is 4.74 Å². The zero-order chi connectivity index (χ0) is 9.90. The molecule has 0 bridgehead atoms. The zero-order valence-corrected chi connectivity index (χ0v) is 9.05. The molecule has 1 rings (SSSR count). The van der Waals surface area contributed by atoms with Crippen molar-refractivity contribution in [1.82, 2.24) is 0 Å². The van der Waals surface area contributed by atoms with E-state index in [-0.39, 0.29) is 11.7 Å². The highest BCUT2D eigenvalue weighted by Crippen LogP contribution is 2.38. The van der Waals surface area contributed by atoms with E-state index in [1.165, 1.54) is 19.3 Å². The highest BCUT2D eigenvalue weighted by Gasteiger charge is 2.41. The monoisotopic (exact) mass is 186 g/mol. The first kappa shape index (κ1) is 11.0. The van der Waals surface area contributed by atoms with Crippen LogP contribution in [0.5, 0.6) is 0 Å². The molecular weight excluding hydrogens is 164 g/mol. The topological polar surface area (TPSA) is 29.5 Å². The lowest BCUT2D eigenvalue weighted by Crippen LogP contribution is -2.49. The van der Waals surface area contributed by atoms with Crippen molar-refractivity contribution in [3.63, 3.8) is 0 Å². The zero-order valence-electron chi connectivity index (χ0n) is 9.05. The van der Waals surface area contributed by atoms with Crippen LogP contribution < -0.4 is 0 Å². The van der Waals surface area contributed by atoms with Crippen molar-refractivity contribution in [2.24, 2.45) is 5.92 Å². The quantitative estimate of drug-likeness (QED) is 0.714. The summed E-state index contributed by atoms with van der Waals surface area (Å²) in [5, 5.41) is 10.2. The van der Waals surface area contributed by atoms with Crippen LogP contribution >= 0.6 is 0 Å². The Morgan fingerprint density at radius 3 is 2.15 bits per heavy atom. The average Bonchev–Trinajstić information content (AvgIpc) is 2.05. The molecule has 1 aliphatic carbocycles. The number of hydrogen-bond acceptors (Lipinski definition) is 2. The van der Waals surface area contributed by atoms with Gasteiger partial charge in [-0.2, -0.15) is 0 Å². The predicted molar refractivity (Wildman–Crippen MR) is 53.7 cm³/mol. The first-order chi connectivity index (χ1) is 6.20. The Kier molecular flexibility index (Phi) is 3.74. The molecule has 0 heterocycles. The second kappa shape index (κ2) is 4.43. The van der Waals surface area contributed by atoms with Gasteiger partial charge in [0.05, 0.1) is 11.7 Å². The fourth-order valence-corrected chi connectivity index (χ4v) is 2.26. The van der Waals surface area contributed by atoms with Crippen LogP contribution in [0.3, 0.4) is 0 Å². The second-order valence-corrected chi connectivity index (χ2v) is 4.11. The molecule has 13 heavy (non-hydrogen) atoms. The summed E-state index contributed by atoms with van der Waals surface area (Å²) in [5.41, 5.74) is -0.287. The Morgan fingerprint density at radius 2 is 1.92 bits per heavy atom. The number of methoxy groups -OCH3 is 1. The SMILES string of the molecule is CCC(CC)(OC)C(O)C1CCC1. The maximum Gasteiger partial charge on any atom is 0.0933 e. The first-order valence-corrected chi connectivity index (χ1v) is 5.43. The van der Waals surface area contributed by atoms with Gasteiger partial charge in [0.2, 0.25) is 0 Å². The van der Waals surface area contributed by atoms with Gasteiger partial charge in [0.15, 0.2) is 0 Å². The second-order valence-electron chi connectivity index (χ2n) is 4.11. The van der Waals surface area contributed by atoms with Crippen molar-refractivity contribution in [2.75, 3.05) is 7.11 Å². The van der Waals surface area contributed by atoms with Crippen molar-refractivity contribution < 1.29 is 9.84 Å². The van der Waals surface area contributed by atoms with Gasteiger partial charge in [-0.15, -0.1) is 0 Å². The molecule has 0 aromatic carbocycles. The van der Waals surface area contributed by atoms with Crippen molar-refractivity contribution in [3.05, 3.63) is 0 Å². The van der Waals surface area contributed by atoms with E-state index < -0.39 is 0 Å². The van der Waals surface area contributed by atoms with Gasteiger partial charge in [-0.3, -0.25) is 0 Å². The lowest BCUT2D eigenvalue weighted by molar-refractivity contribution is -0.139. The molecule has 0 spiro atoms. The number of aliphatic hydroxyl groups is 1. The highest BCUT2D eigenvalue weighted by atomic mass is 16.5. The Balaban J connectivity index is 2.60. The van der Waals surface area contributed by atoms with Gasteiger partial charge in [-0.05, 0) is 31.6 Å². The Hall–Kier alpha value is -0.0800. The molecule has 1 unspecified atom stereocenters. The van der Waals surface area contributed by atoms with Crippen LogP contribution in [0, 0.1) is 5.92 Å². The molecule has 1 N–H and O–H groups in total. The summed E-state index contributed by atoms with van der Waals surface area (Å²) >= 11 is 0. The lowest BCUT2D eigenvalue weighted by Gasteiger charge is -2.42. The van der Waals surface area contributed by atoms with Gasteiger partial charge >= 0.3 is 0 Å². The van der Waals surface area contributed by atoms with E-state index in [9.17, 15) is 5.11 Å². The van der Waals surface area contributed by atoms with Gasteiger partial charge in [0.25, 0.3) is 0 Å². The summed E-state index contributed by atoms with van der Waals surface area (Å²) < 4.78 is 5.50. The molecule has 0 radical (unpaired) electrons. The third-order valence-electron chi connectivity index (χ3n) is 3.74. The molecule has 78 valence electrons. The van der Waals surface area contributed by atoms with Crippen LogP contribution in [-0.2, 0) is 4.74 Å². The summed E-state index contributed by atoms with van der Waals surface area (Å²) in [4.78, 5) is 0. The third-order valence-corrected chi connectivity index (χ3v) is 3.74. The summed E-state index contributed by atoms with van der Waals surface area (Å²) in [5.74, 6) is 0.486. The van der Waals surface area contributed by atoms with Crippen LogP contribution in [0.15, 0.2) is 0 Å². The van der Waals surface area contributed by atoms with Crippen LogP contribution in [0.25, 0.3) is 0 Å². The first-order valence-electron chi connectivity index (χ1n) is 5.43. The number of ether oxygens (including phenoxy) is 1. The van der Waals surface area contributed by atoms with E-state index in [1.54, 1.807) is 7.11 Å². The van der Waals surface area contributed by atoms with Gasteiger partial charge in [0.1, 0.15) is 0 Å². The Morgan fingerprint density at radius 1 is 1.38 bits per heavy atom. The normalized spacial score (nSPS) is 21.2. The summed E-state index contributed by atoms with van der Waals surface area (Å²) in [6.45, 7) is 4.18. The molecule has 2 heteroatoms. The molecule has 2 nitrogen and oxygen atoms in total. The molecule has 0 aromatic heterocycles. The third kappa shape index (κ3) is 1.89.